The Morgan fingerprint density at radius 2 is 2.00 bits per heavy atom. The third-order valence-electron chi connectivity index (χ3n) is 7.11. The van der Waals surface area contributed by atoms with E-state index in [2.05, 4.69) is 15.4 Å². The molecule has 2 aliphatic rings. The molecule has 0 bridgehead atoms. The Balaban J connectivity index is 1.52. The summed E-state index contributed by atoms with van der Waals surface area (Å²) in [5.41, 5.74) is 4.71. The average Bonchev–Trinajstić information content (AvgIpc) is 3.37. The fraction of sp³-hybridized carbons (Fsp3) is 0.276. The highest BCUT2D eigenvalue weighted by Gasteiger charge is 2.35. The molecule has 1 aliphatic carbocycles. The lowest BCUT2D eigenvalue weighted by molar-refractivity contribution is -0.148. The summed E-state index contributed by atoms with van der Waals surface area (Å²) in [6, 6.07) is 16.9. The van der Waals surface area contributed by atoms with Gasteiger partial charge in [0, 0.05) is 36.0 Å². The first-order chi connectivity index (χ1) is 18.1. The van der Waals surface area contributed by atoms with Crippen LogP contribution in [-0.4, -0.2) is 43.7 Å². The molecule has 8 heteroatoms. The van der Waals surface area contributed by atoms with Crippen molar-refractivity contribution in [3.63, 3.8) is 0 Å². The number of piperidine rings is 1. The number of hydrogen-bond donors (Lipinski definition) is 1. The number of ether oxygens (including phenoxy) is 2. The number of aromatic nitrogens is 1. The molecule has 8 nitrogen and oxygen atoms in total. The molecule has 37 heavy (non-hydrogen) atoms. The van der Waals surface area contributed by atoms with Gasteiger partial charge in [-0.3, -0.25) is 9.59 Å². The van der Waals surface area contributed by atoms with Gasteiger partial charge in [0.05, 0.1) is 42.0 Å². The van der Waals surface area contributed by atoms with Gasteiger partial charge < -0.3 is 24.2 Å². The highest BCUT2D eigenvalue weighted by atomic mass is 16.5. The van der Waals surface area contributed by atoms with Gasteiger partial charge in [-0.2, -0.15) is 0 Å². The summed E-state index contributed by atoms with van der Waals surface area (Å²) in [5, 5.41) is 8.58. The van der Waals surface area contributed by atoms with Gasteiger partial charge in [0.25, 0.3) is 0 Å². The Morgan fingerprint density at radius 3 is 2.81 bits per heavy atom. The lowest BCUT2D eigenvalue weighted by Gasteiger charge is -2.34. The Kier molecular flexibility index (Phi) is 5.79. The number of anilines is 3. The minimum absolute atomic E-state index is 0.0868. The van der Waals surface area contributed by atoms with Gasteiger partial charge >= 0.3 is 5.97 Å². The lowest BCUT2D eigenvalue weighted by Crippen LogP contribution is -2.39. The molecule has 4 aromatic rings. The largest absolute Gasteiger partial charge is 0.497 e. The first kappa shape index (κ1) is 23.1. The van der Waals surface area contributed by atoms with Crippen molar-refractivity contribution >= 4 is 39.7 Å². The van der Waals surface area contributed by atoms with Gasteiger partial charge in [-0.1, -0.05) is 35.5 Å². The molecule has 1 aromatic heterocycles. The van der Waals surface area contributed by atoms with Crippen molar-refractivity contribution in [2.75, 3.05) is 37.0 Å². The van der Waals surface area contributed by atoms with Gasteiger partial charge in [-0.05, 0) is 38.0 Å². The fourth-order valence-electron chi connectivity index (χ4n) is 5.39. The van der Waals surface area contributed by atoms with Gasteiger partial charge in [-0.15, -0.1) is 0 Å². The molecule has 1 atom stereocenters. The molecular formula is C29H27N3O5. The van der Waals surface area contributed by atoms with Crippen LogP contribution in [-0.2, 0) is 9.53 Å². The van der Waals surface area contributed by atoms with Crippen LogP contribution in [0.2, 0.25) is 0 Å². The third-order valence-corrected chi connectivity index (χ3v) is 7.11. The topological polar surface area (TPSA) is 93.9 Å². The van der Waals surface area contributed by atoms with E-state index in [0.717, 1.165) is 36.3 Å². The van der Waals surface area contributed by atoms with Crippen LogP contribution >= 0.6 is 0 Å². The van der Waals surface area contributed by atoms with E-state index in [1.165, 1.54) is 0 Å². The number of methoxy groups -OCH3 is 1. The molecule has 3 aromatic carbocycles. The maximum absolute atomic E-state index is 13.8. The number of rotatable bonds is 6. The molecule has 1 N–H and O–H groups in total. The minimum atomic E-state index is -0.222. The molecule has 0 radical (unpaired) electrons. The van der Waals surface area contributed by atoms with Crippen LogP contribution in [0.3, 0.4) is 0 Å². The summed E-state index contributed by atoms with van der Waals surface area (Å²) in [4.78, 5) is 28.5. The number of nitrogens with one attached hydrogen (secondary N) is 1. The van der Waals surface area contributed by atoms with Gasteiger partial charge in [0.15, 0.2) is 11.5 Å². The fourth-order valence-corrected chi connectivity index (χ4v) is 5.39. The highest BCUT2D eigenvalue weighted by molar-refractivity contribution is 6.28. The van der Waals surface area contributed by atoms with E-state index < -0.39 is 0 Å². The summed E-state index contributed by atoms with van der Waals surface area (Å²) in [5.74, 6) is 0.794. The van der Waals surface area contributed by atoms with Crippen molar-refractivity contribution in [2.45, 2.75) is 19.8 Å². The standard InChI is InChI=1S/C29H27N3O5/c1-3-36-29(34)17-8-7-13-32(16-17)23-15-22(30-18-9-6-10-19(14-18)35-2)24-25-26(23)31-37-28(25)21-12-5-4-11-20(21)27(24)33/h4-6,9-12,14-15,17,30H,3,7-8,13,16H2,1-2H3/t17-/m1/s1. The summed E-state index contributed by atoms with van der Waals surface area (Å²) in [7, 11) is 1.62. The second kappa shape index (κ2) is 9.28. The van der Waals surface area contributed by atoms with Crippen molar-refractivity contribution < 1.29 is 23.6 Å². The van der Waals surface area contributed by atoms with Crippen LogP contribution in [0.5, 0.6) is 5.75 Å². The van der Waals surface area contributed by atoms with E-state index in [1.807, 2.05) is 61.5 Å². The number of nitrogens with zero attached hydrogens (tertiary/aromatic N) is 2. The molecule has 1 aliphatic heterocycles. The predicted molar refractivity (Wildman–Crippen MR) is 141 cm³/mol. The Hall–Kier alpha value is -4.33. The predicted octanol–water partition coefficient (Wildman–Crippen LogP) is 5.57. The van der Waals surface area contributed by atoms with E-state index in [1.54, 1.807) is 7.11 Å². The first-order valence-corrected chi connectivity index (χ1v) is 12.5. The smallest absolute Gasteiger partial charge is 0.310 e. The second-order valence-corrected chi connectivity index (χ2v) is 9.32. The second-order valence-electron chi connectivity index (χ2n) is 9.32. The van der Waals surface area contributed by atoms with E-state index in [0.29, 0.717) is 52.4 Å². The summed E-state index contributed by atoms with van der Waals surface area (Å²) < 4.78 is 16.6. The van der Waals surface area contributed by atoms with Crippen molar-refractivity contribution in [3.8, 4) is 17.1 Å². The van der Waals surface area contributed by atoms with E-state index in [9.17, 15) is 9.59 Å². The number of hydrogen-bond acceptors (Lipinski definition) is 8. The number of benzene rings is 3. The van der Waals surface area contributed by atoms with E-state index in [-0.39, 0.29) is 17.7 Å². The molecular weight excluding hydrogens is 470 g/mol. The van der Waals surface area contributed by atoms with Crippen LogP contribution in [0.25, 0.3) is 22.2 Å². The molecule has 1 saturated heterocycles. The lowest BCUT2D eigenvalue weighted by atomic mass is 9.86. The van der Waals surface area contributed by atoms with Crippen molar-refractivity contribution in [1.82, 2.24) is 5.16 Å². The van der Waals surface area contributed by atoms with Gasteiger partial charge in [0.1, 0.15) is 11.3 Å². The third kappa shape index (κ3) is 3.89. The Labute approximate surface area is 214 Å². The zero-order valence-corrected chi connectivity index (χ0v) is 20.7. The summed E-state index contributed by atoms with van der Waals surface area (Å²) >= 11 is 0. The summed E-state index contributed by atoms with van der Waals surface area (Å²) in [6.45, 7) is 3.45. The van der Waals surface area contributed by atoms with Crippen molar-refractivity contribution in [1.29, 1.82) is 0 Å². The highest BCUT2D eigenvalue weighted by Crippen LogP contribution is 2.47. The number of carbonyl (C=O) groups excluding carboxylic acids is 2. The van der Waals surface area contributed by atoms with E-state index >= 15 is 0 Å². The number of esters is 1. The number of carbonyl (C=O) groups is 2. The molecule has 0 saturated carbocycles. The van der Waals surface area contributed by atoms with Crippen LogP contribution in [0.15, 0.2) is 59.1 Å². The summed E-state index contributed by atoms with van der Waals surface area (Å²) in [6.07, 6.45) is 1.62. The number of ketones is 1. The zero-order valence-electron chi connectivity index (χ0n) is 20.7. The van der Waals surface area contributed by atoms with Gasteiger partial charge in [0.2, 0.25) is 0 Å². The number of fused-ring (bicyclic) bond motifs is 2. The molecule has 0 spiro atoms. The monoisotopic (exact) mass is 497 g/mol. The SMILES string of the molecule is CCOC(=O)[C@@H]1CCCN(c2cc(Nc3cccc(OC)c3)c3c4c(onc24)-c2ccccc2C3=O)C1. The van der Waals surface area contributed by atoms with Gasteiger partial charge in [-0.25, -0.2) is 0 Å². The maximum atomic E-state index is 13.8. The van der Waals surface area contributed by atoms with Crippen LogP contribution in [0.1, 0.15) is 35.7 Å². The minimum Gasteiger partial charge on any atom is -0.497 e. The zero-order chi connectivity index (χ0) is 25.5. The Bertz CT molecular complexity index is 1530. The van der Waals surface area contributed by atoms with Crippen molar-refractivity contribution in [3.05, 3.63) is 65.7 Å². The molecule has 188 valence electrons. The normalized spacial score (nSPS) is 16.4. The van der Waals surface area contributed by atoms with Crippen molar-refractivity contribution in [2.24, 2.45) is 5.92 Å². The van der Waals surface area contributed by atoms with Crippen LogP contribution in [0, 0.1) is 5.92 Å². The molecule has 0 unspecified atom stereocenters. The average molecular weight is 498 g/mol. The molecule has 1 fully saturated rings. The maximum Gasteiger partial charge on any atom is 0.310 e. The van der Waals surface area contributed by atoms with Crippen LogP contribution < -0.4 is 15.0 Å². The molecule has 6 rings (SSSR count). The first-order valence-electron chi connectivity index (χ1n) is 12.5. The Morgan fingerprint density at radius 1 is 1.16 bits per heavy atom. The molecule has 2 heterocycles. The van der Waals surface area contributed by atoms with E-state index in [4.69, 9.17) is 14.0 Å². The molecule has 0 amide bonds. The van der Waals surface area contributed by atoms with Crippen LogP contribution in [0.4, 0.5) is 17.1 Å². The quantitative estimate of drug-likeness (QED) is 0.304.